The Kier molecular flexibility index (Phi) is 6.79. The van der Waals surface area contributed by atoms with E-state index in [2.05, 4.69) is 24.1 Å². The lowest BCUT2D eigenvalue weighted by Gasteiger charge is -2.35. The summed E-state index contributed by atoms with van der Waals surface area (Å²) < 4.78 is 5.75. The van der Waals surface area contributed by atoms with Gasteiger partial charge in [0.2, 0.25) is 0 Å². The number of nitrogens with zero attached hydrogens (tertiary/aromatic N) is 1. The van der Waals surface area contributed by atoms with Crippen LogP contribution in [0.3, 0.4) is 0 Å². The second-order valence-electron chi connectivity index (χ2n) is 7.37. The van der Waals surface area contributed by atoms with Crippen LogP contribution in [0.5, 0.6) is 0 Å². The highest BCUT2D eigenvalue weighted by atomic mass is 16.5. The summed E-state index contributed by atoms with van der Waals surface area (Å²) in [6.45, 7) is 12.6. The Balaban J connectivity index is 1.83. The zero-order valence-electron chi connectivity index (χ0n) is 13.6. The van der Waals surface area contributed by atoms with Gasteiger partial charge >= 0.3 is 0 Å². The van der Waals surface area contributed by atoms with Gasteiger partial charge in [-0.3, -0.25) is 0 Å². The number of rotatable bonds is 6. The molecule has 1 N–H and O–H groups in total. The molecule has 2 saturated heterocycles. The van der Waals surface area contributed by atoms with Crippen molar-refractivity contribution in [3.63, 3.8) is 0 Å². The van der Waals surface area contributed by atoms with Gasteiger partial charge in [0.1, 0.15) is 0 Å². The van der Waals surface area contributed by atoms with Crippen molar-refractivity contribution < 1.29 is 4.74 Å². The van der Waals surface area contributed by atoms with Crippen LogP contribution in [0.25, 0.3) is 0 Å². The monoisotopic (exact) mass is 282 g/mol. The van der Waals surface area contributed by atoms with Crippen LogP contribution in [-0.2, 0) is 4.74 Å². The van der Waals surface area contributed by atoms with E-state index < -0.39 is 0 Å². The normalized spacial score (nSPS) is 29.6. The fourth-order valence-electron chi connectivity index (χ4n) is 3.54. The Labute approximate surface area is 125 Å². The Hall–Kier alpha value is -0.120. The maximum absolute atomic E-state index is 5.75. The highest BCUT2D eigenvalue weighted by molar-refractivity contribution is 4.89. The molecule has 2 heterocycles. The van der Waals surface area contributed by atoms with Gasteiger partial charge in [0, 0.05) is 25.1 Å². The Bertz CT molecular complexity index is 254. The van der Waals surface area contributed by atoms with E-state index in [0.29, 0.717) is 5.41 Å². The maximum Gasteiger partial charge on any atom is 0.0547 e. The topological polar surface area (TPSA) is 24.5 Å². The van der Waals surface area contributed by atoms with Crippen molar-refractivity contribution >= 4 is 0 Å². The van der Waals surface area contributed by atoms with E-state index in [1.165, 1.54) is 58.2 Å². The minimum atomic E-state index is 0.369. The van der Waals surface area contributed by atoms with Crippen LogP contribution in [0.15, 0.2) is 0 Å². The molecule has 2 fully saturated rings. The summed E-state index contributed by atoms with van der Waals surface area (Å²) in [5.74, 6) is 0.732. The van der Waals surface area contributed by atoms with Gasteiger partial charge in [-0.05, 0) is 44.8 Å². The fourth-order valence-corrected chi connectivity index (χ4v) is 3.54. The van der Waals surface area contributed by atoms with Crippen LogP contribution in [0.1, 0.15) is 52.4 Å². The van der Waals surface area contributed by atoms with Crippen LogP contribution < -0.4 is 5.32 Å². The van der Waals surface area contributed by atoms with Crippen molar-refractivity contribution in [1.82, 2.24) is 10.2 Å². The van der Waals surface area contributed by atoms with Gasteiger partial charge in [0.15, 0.2) is 0 Å². The quantitative estimate of drug-likeness (QED) is 0.811. The summed E-state index contributed by atoms with van der Waals surface area (Å²) >= 11 is 0. The largest absolute Gasteiger partial charge is 0.381 e. The summed E-state index contributed by atoms with van der Waals surface area (Å²) in [5, 5.41) is 3.68. The van der Waals surface area contributed by atoms with Gasteiger partial charge in [-0.15, -0.1) is 0 Å². The molecule has 20 heavy (non-hydrogen) atoms. The molecule has 118 valence electrons. The average molecular weight is 282 g/mol. The number of nitrogens with one attached hydrogen (secondary N) is 1. The molecule has 0 saturated carbocycles. The molecule has 0 radical (unpaired) electrons. The summed E-state index contributed by atoms with van der Waals surface area (Å²) in [6.07, 6.45) is 8.29. The summed E-state index contributed by atoms with van der Waals surface area (Å²) in [4.78, 5) is 2.71. The van der Waals surface area contributed by atoms with Crippen molar-refractivity contribution in [2.45, 2.75) is 52.4 Å². The predicted molar refractivity (Wildman–Crippen MR) is 85.1 cm³/mol. The number of likely N-dealkylation sites (tertiary alicyclic amines) is 1. The van der Waals surface area contributed by atoms with Gasteiger partial charge in [0.25, 0.3) is 0 Å². The molecular formula is C17H34N2O. The van der Waals surface area contributed by atoms with Crippen molar-refractivity contribution in [1.29, 1.82) is 0 Å². The minimum absolute atomic E-state index is 0.369. The molecule has 2 rings (SSSR count). The predicted octanol–water partition coefficient (Wildman–Crippen LogP) is 2.90. The molecule has 1 unspecified atom stereocenters. The van der Waals surface area contributed by atoms with Crippen molar-refractivity contribution in [3.05, 3.63) is 0 Å². The summed E-state index contributed by atoms with van der Waals surface area (Å²) in [6, 6.07) is 0. The Morgan fingerprint density at radius 1 is 1.10 bits per heavy atom. The fraction of sp³-hybridized carbons (Fsp3) is 1.00. The van der Waals surface area contributed by atoms with E-state index in [-0.39, 0.29) is 0 Å². The molecule has 3 heteroatoms. The maximum atomic E-state index is 5.75. The molecular weight excluding hydrogens is 248 g/mol. The van der Waals surface area contributed by atoms with E-state index in [4.69, 9.17) is 4.74 Å². The zero-order valence-corrected chi connectivity index (χ0v) is 13.6. The van der Waals surface area contributed by atoms with Gasteiger partial charge in [-0.2, -0.15) is 0 Å². The molecule has 0 bridgehead atoms. The van der Waals surface area contributed by atoms with Gasteiger partial charge in [-0.25, -0.2) is 0 Å². The Morgan fingerprint density at radius 3 is 2.40 bits per heavy atom. The lowest BCUT2D eigenvalue weighted by atomic mass is 9.86. The van der Waals surface area contributed by atoms with Gasteiger partial charge in [-0.1, -0.05) is 33.1 Å². The lowest BCUT2D eigenvalue weighted by molar-refractivity contribution is 0.103. The zero-order chi connectivity index (χ0) is 14.3. The first-order chi connectivity index (χ1) is 9.70. The molecule has 2 aliphatic heterocycles. The van der Waals surface area contributed by atoms with Crippen LogP contribution in [-0.4, -0.2) is 50.8 Å². The summed E-state index contributed by atoms with van der Waals surface area (Å²) in [5.41, 5.74) is 0.369. The smallest absolute Gasteiger partial charge is 0.0547 e. The average Bonchev–Trinajstić information content (AvgIpc) is 2.81. The SMILES string of the molecule is CC(C)CNCC1(CN2CCCCCCC2)CCOC1. The van der Waals surface area contributed by atoms with E-state index in [9.17, 15) is 0 Å². The first-order valence-corrected chi connectivity index (χ1v) is 8.71. The molecule has 0 amide bonds. The number of hydrogen-bond donors (Lipinski definition) is 1. The lowest BCUT2D eigenvalue weighted by Crippen LogP contribution is -2.46. The van der Waals surface area contributed by atoms with Crippen molar-refractivity contribution in [3.8, 4) is 0 Å². The standard InChI is InChI=1S/C17H34N2O/c1-16(2)12-18-13-17(8-11-20-15-17)14-19-9-6-4-3-5-7-10-19/h16,18H,3-15H2,1-2H3. The third-order valence-corrected chi connectivity index (χ3v) is 4.75. The van der Waals surface area contributed by atoms with Crippen LogP contribution in [0.4, 0.5) is 0 Å². The van der Waals surface area contributed by atoms with Crippen LogP contribution >= 0.6 is 0 Å². The first kappa shape index (κ1) is 16.3. The van der Waals surface area contributed by atoms with E-state index in [1.807, 2.05) is 0 Å². The second-order valence-corrected chi connectivity index (χ2v) is 7.37. The second kappa shape index (κ2) is 8.35. The molecule has 2 aliphatic rings. The third-order valence-electron chi connectivity index (χ3n) is 4.75. The van der Waals surface area contributed by atoms with Crippen LogP contribution in [0.2, 0.25) is 0 Å². The number of ether oxygens (including phenoxy) is 1. The summed E-state index contributed by atoms with van der Waals surface area (Å²) in [7, 11) is 0. The molecule has 0 aromatic rings. The third kappa shape index (κ3) is 5.34. The number of hydrogen-bond acceptors (Lipinski definition) is 3. The molecule has 1 atom stereocenters. The molecule has 0 spiro atoms. The highest BCUT2D eigenvalue weighted by Gasteiger charge is 2.36. The van der Waals surface area contributed by atoms with E-state index >= 15 is 0 Å². The molecule has 3 nitrogen and oxygen atoms in total. The molecule has 0 aliphatic carbocycles. The minimum Gasteiger partial charge on any atom is -0.381 e. The first-order valence-electron chi connectivity index (χ1n) is 8.71. The van der Waals surface area contributed by atoms with Crippen molar-refractivity contribution in [2.75, 3.05) is 45.9 Å². The molecule has 0 aromatic carbocycles. The van der Waals surface area contributed by atoms with Gasteiger partial charge < -0.3 is 15.0 Å². The highest BCUT2D eigenvalue weighted by Crippen LogP contribution is 2.30. The van der Waals surface area contributed by atoms with Crippen LogP contribution in [0, 0.1) is 11.3 Å². The van der Waals surface area contributed by atoms with E-state index in [0.717, 1.165) is 32.2 Å². The van der Waals surface area contributed by atoms with E-state index in [1.54, 1.807) is 0 Å². The Morgan fingerprint density at radius 2 is 1.80 bits per heavy atom. The van der Waals surface area contributed by atoms with Crippen molar-refractivity contribution in [2.24, 2.45) is 11.3 Å². The van der Waals surface area contributed by atoms with Gasteiger partial charge in [0.05, 0.1) is 6.61 Å². The molecule has 0 aromatic heterocycles.